The second-order valence-corrected chi connectivity index (χ2v) is 5.48. The maximum absolute atomic E-state index is 4.66. The first kappa shape index (κ1) is 14.3. The molecular weight excluding hydrogens is 234 g/mol. The van der Waals surface area contributed by atoms with Crippen LogP contribution in [0.3, 0.4) is 0 Å². The molecule has 0 aromatic carbocycles. The van der Waals surface area contributed by atoms with Crippen LogP contribution < -0.4 is 10.2 Å². The van der Waals surface area contributed by atoms with Crippen LogP contribution in [0.2, 0.25) is 0 Å². The van der Waals surface area contributed by atoms with Crippen molar-refractivity contribution in [2.24, 2.45) is 0 Å². The molecule has 1 saturated heterocycles. The van der Waals surface area contributed by atoms with Crippen molar-refractivity contribution in [1.29, 1.82) is 0 Å². The minimum absolute atomic E-state index is 0.388. The Morgan fingerprint density at radius 1 is 1.16 bits per heavy atom. The molecule has 1 aromatic rings. The molecule has 0 spiro atoms. The summed E-state index contributed by atoms with van der Waals surface area (Å²) in [7, 11) is 0. The minimum atomic E-state index is 0.388. The zero-order chi connectivity index (χ0) is 13.5. The average molecular weight is 261 g/mol. The zero-order valence-corrected chi connectivity index (χ0v) is 12.4. The highest BCUT2D eigenvalue weighted by molar-refractivity contribution is 5.39. The normalized spacial score (nSPS) is 18.7. The van der Waals surface area contributed by atoms with Crippen LogP contribution in [0.1, 0.15) is 57.6 Å². The van der Waals surface area contributed by atoms with Gasteiger partial charge in [-0.25, -0.2) is 4.98 Å². The van der Waals surface area contributed by atoms with Crippen molar-refractivity contribution in [3.8, 4) is 0 Å². The van der Waals surface area contributed by atoms with Gasteiger partial charge in [0.25, 0.3) is 0 Å². The van der Waals surface area contributed by atoms with Crippen LogP contribution in [0.15, 0.2) is 18.3 Å². The number of anilines is 1. The van der Waals surface area contributed by atoms with Crippen LogP contribution in [-0.2, 0) is 0 Å². The Labute approximate surface area is 117 Å². The molecule has 2 heterocycles. The summed E-state index contributed by atoms with van der Waals surface area (Å²) < 4.78 is 0. The molecule has 1 aliphatic rings. The summed E-state index contributed by atoms with van der Waals surface area (Å²) in [5, 5.41) is 3.43. The smallest absolute Gasteiger partial charge is 0.128 e. The molecule has 1 fully saturated rings. The topological polar surface area (TPSA) is 28.2 Å². The van der Waals surface area contributed by atoms with Crippen molar-refractivity contribution in [1.82, 2.24) is 10.3 Å². The van der Waals surface area contributed by atoms with Gasteiger partial charge >= 0.3 is 0 Å². The van der Waals surface area contributed by atoms with E-state index in [2.05, 4.69) is 41.2 Å². The summed E-state index contributed by atoms with van der Waals surface area (Å²) in [4.78, 5) is 7.11. The summed E-state index contributed by atoms with van der Waals surface area (Å²) in [6.07, 6.45) is 8.77. The summed E-state index contributed by atoms with van der Waals surface area (Å²) in [5.74, 6) is 1.15. The molecule has 1 atom stereocenters. The molecule has 0 amide bonds. The lowest BCUT2D eigenvalue weighted by atomic mass is 10.1. The Morgan fingerprint density at radius 2 is 1.84 bits per heavy atom. The maximum atomic E-state index is 4.66. The quantitative estimate of drug-likeness (QED) is 0.899. The van der Waals surface area contributed by atoms with Crippen molar-refractivity contribution in [3.63, 3.8) is 0 Å². The first-order valence-electron chi connectivity index (χ1n) is 7.75. The molecule has 3 nitrogen and oxygen atoms in total. The number of hydrogen-bond donors (Lipinski definition) is 1. The van der Waals surface area contributed by atoms with E-state index in [0.717, 1.165) is 25.5 Å². The van der Waals surface area contributed by atoms with Crippen molar-refractivity contribution in [3.05, 3.63) is 23.9 Å². The lowest BCUT2D eigenvalue weighted by molar-refractivity contribution is 0.553. The third-order valence-electron chi connectivity index (χ3n) is 3.96. The number of nitrogens with zero attached hydrogens (tertiary/aromatic N) is 2. The van der Waals surface area contributed by atoms with Gasteiger partial charge in [0.05, 0.1) is 0 Å². The van der Waals surface area contributed by atoms with Crippen molar-refractivity contribution < 1.29 is 0 Å². The Morgan fingerprint density at radius 3 is 2.42 bits per heavy atom. The van der Waals surface area contributed by atoms with Gasteiger partial charge in [-0.15, -0.1) is 0 Å². The SMILES string of the molecule is CCNC(C)c1ccc(N2CCCCCCC2)nc1. The van der Waals surface area contributed by atoms with Gasteiger partial charge in [0.1, 0.15) is 5.82 Å². The minimum Gasteiger partial charge on any atom is -0.357 e. The van der Waals surface area contributed by atoms with Crippen LogP contribution in [0, 0.1) is 0 Å². The summed E-state index contributed by atoms with van der Waals surface area (Å²) in [6.45, 7) is 7.65. The molecule has 0 bridgehead atoms. The summed E-state index contributed by atoms with van der Waals surface area (Å²) in [5.41, 5.74) is 1.28. The number of pyridine rings is 1. The van der Waals surface area contributed by atoms with E-state index >= 15 is 0 Å². The molecule has 0 saturated carbocycles. The molecule has 1 aromatic heterocycles. The van der Waals surface area contributed by atoms with Gasteiger partial charge < -0.3 is 10.2 Å². The molecule has 1 unspecified atom stereocenters. The first-order chi connectivity index (χ1) is 9.31. The van der Waals surface area contributed by atoms with E-state index in [1.807, 2.05) is 6.20 Å². The van der Waals surface area contributed by atoms with E-state index in [1.54, 1.807) is 0 Å². The fraction of sp³-hybridized carbons (Fsp3) is 0.688. The van der Waals surface area contributed by atoms with Crippen LogP contribution in [0.25, 0.3) is 0 Å². The molecule has 1 N–H and O–H groups in total. The van der Waals surface area contributed by atoms with Gasteiger partial charge in [-0.2, -0.15) is 0 Å². The van der Waals surface area contributed by atoms with E-state index in [4.69, 9.17) is 0 Å². The Bertz CT molecular complexity index is 353. The van der Waals surface area contributed by atoms with E-state index < -0.39 is 0 Å². The molecule has 0 radical (unpaired) electrons. The van der Waals surface area contributed by atoms with E-state index in [-0.39, 0.29) is 0 Å². The highest BCUT2D eigenvalue weighted by Gasteiger charge is 2.11. The van der Waals surface area contributed by atoms with Gasteiger partial charge in [0.2, 0.25) is 0 Å². The van der Waals surface area contributed by atoms with Crippen LogP contribution in [0.5, 0.6) is 0 Å². The largest absolute Gasteiger partial charge is 0.357 e. The van der Waals surface area contributed by atoms with Gasteiger partial charge in [-0.05, 0) is 37.9 Å². The van der Waals surface area contributed by atoms with E-state index in [1.165, 1.54) is 37.7 Å². The lowest BCUT2D eigenvalue weighted by Gasteiger charge is -2.26. The number of rotatable bonds is 4. The number of nitrogens with one attached hydrogen (secondary N) is 1. The van der Waals surface area contributed by atoms with Gasteiger partial charge in [-0.1, -0.05) is 32.3 Å². The predicted octanol–water partition coefficient (Wildman–Crippen LogP) is 3.52. The lowest BCUT2D eigenvalue weighted by Crippen LogP contribution is -2.28. The fourth-order valence-electron chi connectivity index (χ4n) is 2.74. The van der Waals surface area contributed by atoms with E-state index in [0.29, 0.717) is 6.04 Å². The maximum Gasteiger partial charge on any atom is 0.128 e. The molecule has 2 rings (SSSR count). The molecule has 0 aliphatic carbocycles. The number of aromatic nitrogens is 1. The predicted molar refractivity (Wildman–Crippen MR) is 81.6 cm³/mol. The van der Waals surface area contributed by atoms with Crippen LogP contribution in [0.4, 0.5) is 5.82 Å². The van der Waals surface area contributed by atoms with Crippen molar-refractivity contribution in [2.45, 2.75) is 52.0 Å². The summed E-state index contributed by atoms with van der Waals surface area (Å²) in [6, 6.07) is 4.79. The number of hydrogen-bond acceptors (Lipinski definition) is 3. The van der Waals surface area contributed by atoms with Gasteiger partial charge in [0.15, 0.2) is 0 Å². The molecule has 1 aliphatic heterocycles. The fourth-order valence-corrected chi connectivity index (χ4v) is 2.74. The second-order valence-electron chi connectivity index (χ2n) is 5.48. The monoisotopic (exact) mass is 261 g/mol. The standard InChI is InChI=1S/C16H27N3/c1-3-17-14(2)15-9-10-16(18-13-15)19-11-7-5-4-6-8-12-19/h9-10,13-14,17H,3-8,11-12H2,1-2H3. The summed E-state index contributed by atoms with van der Waals surface area (Å²) >= 11 is 0. The average Bonchev–Trinajstić information content (AvgIpc) is 2.39. The third-order valence-corrected chi connectivity index (χ3v) is 3.96. The van der Waals surface area contributed by atoms with Crippen LogP contribution >= 0.6 is 0 Å². The highest BCUT2D eigenvalue weighted by atomic mass is 15.2. The second kappa shape index (κ2) is 7.49. The Kier molecular flexibility index (Phi) is 5.64. The van der Waals surface area contributed by atoms with E-state index in [9.17, 15) is 0 Å². The Hall–Kier alpha value is -1.09. The molecule has 19 heavy (non-hydrogen) atoms. The third kappa shape index (κ3) is 4.20. The zero-order valence-electron chi connectivity index (χ0n) is 12.4. The molecular formula is C16H27N3. The Balaban J connectivity index is 1.99. The van der Waals surface area contributed by atoms with Gasteiger partial charge in [0, 0.05) is 25.3 Å². The molecule has 3 heteroatoms. The van der Waals surface area contributed by atoms with Crippen LogP contribution in [-0.4, -0.2) is 24.6 Å². The van der Waals surface area contributed by atoms with Crippen molar-refractivity contribution >= 4 is 5.82 Å². The van der Waals surface area contributed by atoms with Crippen molar-refractivity contribution in [2.75, 3.05) is 24.5 Å². The van der Waals surface area contributed by atoms with Gasteiger partial charge in [-0.3, -0.25) is 0 Å². The molecule has 106 valence electrons. The first-order valence-corrected chi connectivity index (χ1v) is 7.75. The highest BCUT2D eigenvalue weighted by Crippen LogP contribution is 2.19.